The number of methoxy groups -OCH3 is 1. The zero-order valence-electron chi connectivity index (χ0n) is 16.5. The van der Waals surface area contributed by atoms with E-state index in [2.05, 4.69) is 10.4 Å². The molecule has 144 valence electrons. The van der Waals surface area contributed by atoms with Crippen LogP contribution in [-0.4, -0.2) is 22.8 Å². The third-order valence-corrected chi connectivity index (χ3v) is 5.24. The highest BCUT2D eigenvalue weighted by molar-refractivity contribution is 5.94. The molecule has 28 heavy (non-hydrogen) atoms. The van der Waals surface area contributed by atoms with E-state index in [1.165, 1.54) is 0 Å². The van der Waals surface area contributed by atoms with Crippen molar-refractivity contribution in [3.63, 3.8) is 0 Å². The first-order valence-corrected chi connectivity index (χ1v) is 9.63. The third-order valence-electron chi connectivity index (χ3n) is 5.24. The van der Waals surface area contributed by atoms with E-state index >= 15 is 0 Å². The number of carbonyl (C=O) groups is 1. The molecule has 5 nitrogen and oxygen atoms in total. The van der Waals surface area contributed by atoms with Gasteiger partial charge < -0.3 is 10.1 Å². The Morgan fingerprint density at radius 1 is 1.11 bits per heavy atom. The van der Waals surface area contributed by atoms with Crippen LogP contribution in [0, 0.1) is 19.8 Å². The van der Waals surface area contributed by atoms with Gasteiger partial charge in [0.25, 0.3) is 5.91 Å². The van der Waals surface area contributed by atoms with Crippen LogP contribution in [-0.2, 0) is 0 Å². The van der Waals surface area contributed by atoms with E-state index in [0.717, 1.165) is 41.2 Å². The molecule has 0 spiro atoms. The average Bonchev–Trinajstić information content (AvgIpc) is 3.50. The number of ether oxygens (including phenoxy) is 1. The fourth-order valence-electron chi connectivity index (χ4n) is 3.58. The molecule has 1 fully saturated rings. The zero-order valence-corrected chi connectivity index (χ0v) is 16.5. The average molecular weight is 375 g/mol. The summed E-state index contributed by atoms with van der Waals surface area (Å²) in [5.41, 5.74) is 4.78. The van der Waals surface area contributed by atoms with Crippen LogP contribution in [0.25, 0.3) is 5.69 Å². The molecule has 1 N–H and O–H groups in total. The van der Waals surface area contributed by atoms with Crippen molar-refractivity contribution in [1.29, 1.82) is 0 Å². The first-order chi connectivity index (χ1) is 13.5. The molecule has 1 aliphatic carbocycles. The molecule has 1 aliphatic rings. The van der Waals surface area contributed by atoms with Crippen LogP contribution in [0.3, 0.4) is 0 Å². The summed E-state index contributed by atoms with van der Waals surface area (Å²) in [6.07, 6.45) is 2.29. The minimum absolute atomic E-state index is 0.0362. The molecule has 1 saturated carbocycles. The van der Waals surface area contributed by atoms with Crippen molar-refractivity contribution in [2.75, 3.05) is 7.11 Å². The number of amides is 1. The van der Waals surface area contributed by atoms with Gasteiger partial charge in [-0.25, -0.2) is 4.68 Å². The Labute approximate surface area is 165 Å². The van der Waals surface area contributed by atoms with Gasteiger partial charge in [0, 0.05) is 11.3 Å². The van der Waals surface area contributed by atoms with Gasteiger partial charge >= 0.3 is 0 Å². The highest BCUT2D eigenvalue weighted by atomic mass is 16.5. The van der Waals surface area contributed by atoms with Crippen LogP contribution < -0.4 is 10.1 Å². The monoisotopic (exact) mass is 375 g/mol. The largest absolute Gasteiger partial charge is 0.497 e. The minimum Gasteiger partial charge on any atom is -0.497 e. The number of nitrogens with one attached hydrogen (secondary N) is 1. The van der Waals surface area contributed by atoms with Crippen LogP contribution in [0.4, 0.5) is 0 Å². The number of aryl methyl sites for hydroxylation is 2. The predicted molar refractivity (Wildman–Crippen MR) is 109 cm³/mol. The Morgan fingerprint density at radius 2 is 1.79 bits per heavy atom. The number of benzene rings is 2. The standard InChI is InChI=1S/C23H25N3O2/c1-15-14-16(2)26(25-15)20-10-6-19(7-11-20)23(27)24-22(17-4-5-17)18-8-12-21(28-3)13-9-18/h6-14,17,22H,4-5H2,1-3H3,(H,24,27). The topological polar surface area (TPSA) is 56.1 Å². The Kier molecular flexibility index (Phi) is 4.90. The van der Waals surface area contributed by atoms with Crippen LogP contribution >= 0.6 is 0 Å². The van der Waals surface area contributed by atoms with E-state index in [1.807, 2.05) is 73.1 Å². The summed E-state index contributed by atoms with van der Waals surface area (Å²) in [5, 5.41) is 7.72. The highest BCUT2D eigenvalue weighted by Crippen LogP contribution is 2.41. The van der Waals surface area contributed by atoms with Gasteiger partial charge in [-0.2, -0.15) is 5.10 Å². The lowest BCUT2D eigenvalue weighted by atomic mass is 10.0. The van der Waals surface area contributed by atoms with Gasteiger partial charge in [-0.05, 0) is 80.6 Å². The van der Waals surface area contributed by atoms with E-state index in [0.29, 0.717) is 11.5 Å². The number of rotatable bonds is 6. The summed E-state index contributed by atoms with van der Waals surface area (Å²) in [7, 11) is 1.66. The highest BCUT2D eigenvalue weighted by Gasteiger charge is 2.33. The van der Waals surface area contributed by atoms with Crippen LogP contribution in [0.1, 0.15) is 46.2 Å². The summed E-state index contributed by atoms with van der Waals surface area (Å²) in [6, 6.07) is 17.6. The van der Waals surface area contributed by atoms with Gasteiger partial charge in [-0.3, -0.25) is 4.79 Å². The maximum Gasteiger partial charge on any atom is 0.251 e. The zero-order chi connectivity index (χ0) is 19.7. The number of aromatic nitrogens is 2. The van der Waals surface area contributed by atoms with Gasteiger partial charge in [0.15, 0.2) is 0 Å². The second kappa shape index (κ2) is 7.50. The van der Waals surface area contributed by atoms with Crippen LogP contribution in [0.15, 0.2) is 54.6 Å². The number of hydrogen-bond donors (Lipinski definition) is 1. The molecule has 5 heteroatoms. The minimum atomic E-state index is -0.0485. The van der Waals surface area contributed by atoms with E-state index in [-0.39, 0.29) is 11.9 Å². The molecule has 0 bridgehead atoms. The van der Waals surface area contributed by atoms with Crippen molar-refractivity contribution in [2.45, 2.75) is 32.7 Å². The van der Waals surface area contributed by atoms with Crippen molar-refractivity contribution in [1.82, 2.24) is 15.1 Å². The van der Waals surface area contributed by atoms with Crippen molar-refractivity contribution in [3.8, 4) is 11.4 Å². The first kappa shape index (κ1) is 18.3. The van der Waals surface area contributed by atoms with Crippen molar-refractivity contribution in [3.05, 3.63) is 77.1 Å². The molecular formula is C23H25N3O2. The Morgan fingerprint density at radius 3 is 2.32 bits per heavy atom. The smallest absolute Gasteiger partial charge is 0.251 e. The van der Waals surface area contributed by atoms with Gasteiger partial charge in [0.1, 0.15) is 5.75 Å². The van der Waals surface area contributed by atoms with Crippen molar-refractivity contribution < 1.29 is 9.53 Å². The molecule has 1 atom stereocenters. The molecular weight excluding hydrogens is 350 g/mol. The van der Waals surface area contributed by atoms with Crippen LogP contribution in [0.2, 0.25) is 0 Å². The quantitative estimate of drug-likeness (QED) is 0.696. The van der Waals surface area contributed by atoms with Crippen molar-refractivity contribution in [2.24, 2.45) is 5.92 Å². The normalized spacial score (nSPS) is 14.5. The molecule has 0 radical (unpaired) electrons. The van der Waals surface area contributed by atoms with Gasteiger partial charge in [0.2, 0.25) is 0 Å². The molecule has 1 amide bonds. The van der Waals surface area contributed by atoms with E-state index in [4.69, 9.17) is 4.74 Å². The van der Waals surface area contributed by atoms with Crippen molar-refractivity contribution >= 4 is 5.91 Å². The molecule has 4 rings (SSSR count). The maximum atomic E-state index is 12.8. The maximum absolute atomic E-state index is 12.8. The number of hydrogen-bond acceptors (Lipinski definition) is 3. The summed E-state index contributed by atoms with van der Waals surface area (Å²) in [5.74, 6) is 1.28. The second-order valence-corrected chi connectivity index (χ2v) is 7.45. The molecule has 0 aliphatic heterocycles. The van der Waals surface area contributed by atoms with E-state index in [9.17, 15) is 4.79 Å². The third kappa shape index (κ3) is 3.79. The Hall–Kier alpha value is -3.08. The summed E-state index contributed by atoms with van der Waals surface area (Å²) >= 11 is 0. The molecule has 3 aromatic rings. The number of carbonyl (C=O) groups excluding carboxylic acids is 1. The lowest BCUT2D eigenvalue weighted by molar-refractivity contribution is 0.0931. The summed E-state index contributed by atoms with van der Waals surface area (Å²) in [6.45, 7) is 4.00. The lowest BCUT2D eigenvalue weighted by Crippen LogP contribution is -2.29. The predicted octanol–water partition coefficient (Wildman–Crippen LogP) is 4.38. The number of nitrogens with zero attached hydrogens (tertiary/aromatic N) is 2. The van der Waals surface area contributed by atoms with E-state index < -0.39 is 0 Å². The second-order valence-electron chi connectivity index (χ2n) is 7.45. The first-order valence-electron chi connectivity index (χ1n) is 9.63. The molecule has 1 aromatic heterocycles. The SMILES string of the molecule is COc1ccc(C(NC(=O)c2ccc(-n3nc(C)cc3C)cc2)C2CC2)cc1. The van der Waals surface area contributed by atoms with Crippen LogP contribution in [0.5, 0.6) is 5.75 Å². The fraction of sp³-hybridized carbons (Fsp3) is 0.304. The van der Waals surface area contributed by atoms with Gasteiger partial charge in [0.05, 0.1) is 24.5 Å². The lowest BCUT2D eigenvalue weighted by Gasteiger charge is -2.19. The Balaban J connectivity index is 1.50. The molecule has 1 unspecified atom stereocenters. The molecule has 1 heterocycles. The van der Waals surface area contributed by atoms with Gasteiger partial charge in [-0.1, -0.05) is 12.1 Å². The Bertz CT molecular complexity index is 970. The fourth-order valence-corrected chi connectivity index (χ4v) is 3.58. The van der Waals surface area contributed by atoms with Gasteiger partial charge in [-0.15, -0.1) is 0 Å². The van der Waals surface area contributed by atoms with E-state index in [1.54, 1.807) is 7.11 Å². The molecule has 0 saturated heterocycles. The summed E-state index contributed by atoms with van der Waals surface area (Å²) < 4.78 is 7.13. The molecule has 2 aromatic carbocycles. The summed E-state index contributed by atoms with van der Waals surface area (Å²) in [4.78, 5) is 12.8.